The summed E-state index contributed by atoms with van der Waals surface area (Å²) < 4.78 is 0. The first kappa shape index (κ1) is 13.9. The van der Waals surface area contributed by atoms with Crippen LogP contribution >= 0.6 is 11.6 Å². The molecule has 0 aliphatic rings. The molecule has 0 aliphatic carbocycles. The Hall–Kier alpha value is -3.07. The minimum absolute atomic E-state index is 0.0226. The van der Waals surface area contributed by atoms with Crippen LogP contribution in [0, 0.1) is 20.2 Å². The zero-order valence-corrected chi connectivity index (χ0v) is 11.5. The molecule has 3 aromatic rings. The summed E-state index contributed by atoms with van der Waals surface area (Å²) in [6, 6.07) is 8.48. The minimum Gasteiger partial charge on any atom is -0.258 e. The van der Waals surface area contributed by atoms with Gasteiger partial charge in [-0.15, -0.1) is 10.2 Å². The molecule has 0 saturated carbocycles. The largest absolute Gasteiger partial charge is 0.305 e. The van der Waals surface area contributed by atoms with E-state index >= 15 is 0 Å². The normalized spacial score (nSPS) is 10.8. The van der Waals surface area contributed by atoms with E-state index in [1.54, 1.807) is 24.3 Å². The van der Waals surface area contributed by atoms with Crippen LogP contribution < -0.4 is 0 Å². The molecule has 1 aromatic heterocycles. The minimum atomic E-state index is -0.726. The van der Waals surface area contributed by atoms with Gasteiger partial charge in [-0.2, -0.15) is 4.80 Å². The van der Waals surface area contributed by atoms with E-state index in [4.69, 9.17) is 11.6 Å². The van der Waals surface area contributed by atoms with Crippen molar-refractivity contribution in [2.75, 3.05) is 0 Å². The third-order valence-corrected chi connectivity index (χ3v) is 3.17. The molecule has 0 amide bonds. The second kappa shape index (κ2) is 5.04. The van der Waals surface area contributed by atoms with Gasteiger partial charge in [0, 0.05) is 11.1 Å². The standard InChI is InChI=1S/C12H6ClN5O4/c13-7-1-3-8(4-2-7)16-14-10-5-9(17(19)20)6-11(18(21)22)12(10)15-16/h1-6H. The highest BCUT2D eigenvalue weighted by atomic mass is 35.5. The maximum atomic E-state index is 11.1. The van der Waals surface area contributed by atoms with Crippen LogP contribution in [-0.2, 0) is 0 Å². The summed E-state index contributed by atoms with van der Waals surface area (Å²) in [5.41, 5.74) is -0.314. The average Bonchev–Trinajstić information content (AvgIpc) is 2.90. The maximum absolute atomic E-state index is 11.1. The van der Waals surface area contributed by atoms with Gasteiger partial charge in [0.25, 0.3) is 5.69 Å². The van der Waals surface area contributed by atoms with Crippen LogP contribution in [0.5, 0.6) is 0 Å². The fourth-order valence-corrected chi connectivity index (χ4v) is 2.05. The van der Waals surface area contributed by atoms with Crippen LogP contribution in [0.4, 0.5) is 11.4 Å². The van der Waals surface area contributed by atoms with Crippen LogP contribution in [0.1, 0.15) is 0 Å². The number of nitro benzene ring substituents is 2. The van der Waals surface area contributed by atoms with E-state index in [1.807, 2.05) is 0 Å². The number of hydrogen-bond donors (Lipinski definition) is 0. The first-order valence-electron chi connectivity index (χ1n) is 5.91. The van der Waals surface area contributed by atoms with E-state index in [2.05, 4.69) is 10.2 Å². The number of aromatic nitrogens is 3. The van der Waals surface area contributed by atoms with Gasteiger partial charge in [-0.25, -0.2) is 0 Å². The lowest BCUT2D eigenvalue weighted by atomic mass is 10.2. The molecule has 3 rings (SSSR count). The number of non-ortho nitro benzene ring substituents is 2. The Kier molecular flexibility index (Phi) is 3.18. The first-order valence-corrected chi connectivity index (χ1v) is 6.29. The second-order valence-corrected chi connectivity index (χ2v) is 4.75. The molecular weight excluding hydrogens is 314 g/mol. The van der Waals surface area contributed by atoms with E-state index < -0.39 is 21.2 Å². The molecule has 10 heteroatoms. The van der Waals surface area contributed by atoms with Gasteiger partial charge < -0.3 is 0 Å². The lowest BCUT2D eigenvalue weighted by Gasteiger charge is -1.97. The summed E-state index contributed by atoms with van der Waals surface area (Å²) in [5, 5.41) is 30.5. The zero-order valence-electron chi connectivity index (χ0n) is 10.7. The second-order valence-electron chi connectivity index (χ2n) is 4.31. The SMILES string of the molecule is O=[N+]([O-])c1cc([N+](=O)[O-])c2nn(-c3ccc(Cl)cc3)nc2c1. The summed E-state index contributed by atoms with van der Waals surface area (Å²) in [6.45, 7) is 0. The summed E-state index contributed by atoms with van der Waals surface area (Å²) in [5.74, 6) is 0. The number of nitrogens with zero attached hydrogens (tertiary/aromatic N) is 5. The molecular formula is C12H6ClN5O4. The summed E-state index contributed by atoms with van der Waals surface area (Å²) in [7, 11) is 0. The smallest absolute Gasteiger partial charge is 0.258 e. The van der Waals surface area contributed by atoms with Crippen molar-refractivity contribution < 1.29 is 9.85 Å². The van der Waals surface area contributed by atoms with Gasteiger partial charge in [-0.05, 0) is 24.3 Å². The van der Waals surface area contributed by atoms with Gasteiger partial charge in [-0.3, -0.25) is 20.2 Å². The fraction of sp³-hybridized carbons (Fsp3) is 0. The predicted molar refractivity (Wildman–Crippen MR) is 77.2 cm³/mol. The van der Waals surface area contributed by atoms with Crippen LogP contribution in [0.3, 0.4) is 0 Å². The van der Waals surface area contributed by atoms with Crippen molar-refractivity contribution in [1.82, 2.24) is 15.0 Å². The zero-order chi connectivity index (χ0) is 15.9. The average molecular weight is 320 g/mol. The molecule has 0 fully saturated rings. The third kappa shape index (κ3) is 2.33. The number of nitro groups is 2. The van der Waals surface area contributed by atoms with Crippen molar-refractivity contribution in [1.29, 1.82) is 0 Å². The van der Waals surface area contributed by atoms with Gasteiger partial charge in [0.1, 0.15) is 5.52 Å². The topological polar surface area (TPSA) is 117 Å². The van der Waals surface area contributed by atoms with Crippen LogP contribution in [-0.4, -0.2) is 24.8 Å². The number of fused-ring (bicyclic) bond motifs is 1. The highest BCUT2D eigenvalue weighted by Gasteiger charge is 2.23. The van der Waals surface area contributed by atoms with Gasteiger partial charge in [0.15, 0.2) is 5.52 Å². The highest BCUT2D eigenvalue weighted by molar-refractivity contribution is 6.30. The quantitative estimate of drug-likeness (QED) is 0.541. The molecule has 2 aromatic carbocycles. The predicted octanol–water partition coefficient (Wildman–Crippen LogP) is 2.89. The molecule has 22 heavy (non-hydrogen) atoms. The van der Waals surface area contributed by atoms with Gasteiger partial charge in [-0.1, -0.05) is 11.6 Å². The van der Waals surface area contributed by atoms with E-state index in [9.17, 15) is 20.2 Å². The Morgan fingerprint density at radius 1 is 1.00 bits per heavy atom. The monoisotopic (exact) mass is 319 g/mol. The third-order valence-electron chi connectivity index (χ3n) is 2.92. The molecule has 110 valence electrons. The Balaban J connectivity index is 2.24. The molecule has 0 unspecified atom stereocenters. The Morgan fingerprint density at radius 3 is 2.27 bits per heavy atom. The molecule has 0 saturated heterocycles. The number of rotatable bonds is 3. The Labute approximate surface area is 127 Å². The van der Waals surface area contributed by atoms with Crippen molar-refractivity contribution in [2.24, 2.45) is 0 Å². The molecule has 0 spiro atoms. The fourth-order valence-electron chi connectivity index (χ4n) is 1.92. The number of halogens is 1. The lowest BCUT2D eigenvalue weighted by Crippen LogP contribution is -1.98. The van der Waals surface area contributed by atoms with Crippen LogP contribution in [0.15, 0.2) is 36.4 Å². The van der Waals surface area contributed by atoms with Gasteiger partial charge in [0.2, 0.25) is 0 Å². The van der Waals surface area contributed by atoms with E-state index in [0.717, 1.165) is 16.9 Å². The van der Waals surface area contributed by atoms with Crippen molar-refractivity contribution >= 4 is 34.0 Å². The van der Waals surface area contributed by atoms with E-state index in [0.29, 0.717) is 10.7 Å². The van der Waals surface area contributed by atoms with Crippen LogP contribution in [0.25, 0.3) is 16.7 Å². The number of hydrogen-bond acceptors (Lipinski definition) is 6. The summed E-state index contributed by atoms with van der Waals surface area (Å²) >= 11 is 5.79. The van der Waals surface area contributed by atoms with Gasteiger partial charge >= 0.3 is 5.69 Å². The lowest BCUT2D eigenvalue weighted by molar-refractivity contribution is -0.393. The molecule has 1 heterocycles. The van der Waals surface area contributed by atoms with E-state index in [1.165, 1.54) is 0 Å². The van der Waals surface area contributed by atoms with Gasteiger partial charge in [0.05, 0.1) is 21.6 Å². The van der Waals surface area contributed by atoms with Crippen LogP contribution in [0.2, 0.25) is 5.02 Å². The first-order chi connectivity index (χ1) is 10.5. The van der Waals surface area contributed by atoms with Crippen molar-refractivity contribution in [2.45, 2.75) is 0 Å². The van der Waals surface area contributed by atoms with Crippen molar-refractivity contribution in [3.63, 3.8) is 0 Å². The highest BCUT2D eigenvalue weighted by Crippen LogP contribution is 2.29. The molecule has 9 nitrogen and oxygen atoms in total. The van der Waals surface area contributed by atoms with E-state index in [-0.39, 0.29) is 11.0 Å². The molecule has 0 bridgehead atoms. The molecule has 0 atom stereocenters. The maximum Gasteiger partial charge on any atom is 0.305 e. The molecule has 0 aliphatic heterocycles. The van der Waals surface area contributed by atoms with Crippen molar-refractivity contribution in [3.05, 3.63) is 61.6 Å². The number of benzene rings is 2. The Morgan fingerprint density at radius 2 is 1.68 bits per heavy atom. The molecule has 0 N–H and O–H groups in total. The molecule has 0 radical (unpaired) electrons. The van der Waals surface area contributed by atoms with Crippen molar-refractivity contribution in [3.8, 4) is 5.69 Å². The summed E-state index contributed by atoms with van der Waals surface area (Å²) in [6.07, 6.45) is 0. The summed E-state index contributed by atoms with van der Waals surface area (Å²) in [4.78, 5) is 21.6. The Bertz CT molecular complexity index is 906.